The number of anilines is 1. The molecule has 0 aliphatic heterocycles. The van der Waals surface area contributed by atoms with Crippen LogP contribution in [0.25, 0.3) is 0 Å². The summed E-state index contributed by atoms with van der Waals surface area (Å²) in [6.45, 7) is 0. The van der Waals surface area contributed by atoms with E-state index < -0.39 is 28.0 Å². The summed E-state index contributed by atoms with van der Waals surface area (Å²) in [5, 5.41) is 10.3. The van der Waals surface area contributed by atoms with Crippen LogP contribution in [0.15, 0.2) is 12.1 Å². The van der Waals surface area contributed by atoms with Gasteiger partial charge in [0.25, 0.3) is 5.69 Å². The van der Waals surface area contributed by atoms with Crippen LogP contribution in [0.5, 0.6) is 0 Å². The highest BCUT2D eigenvalue weighted by Crippen LogP contribution is 2.38. The van der Waals surface area contributed by atoms with Gasteiger partial charge >= 0.3 is 6.18 Å². The van der Waals surface area contributed by atoms with Gasteiger partial charge < -0.3 is 5.73 Å². The molecule has 1 aromatic rings. The van der Waals surface area contributed by atoms with Gasteiger partial charge in [0.15, 0.2) is 0 Å². The molecule has 0 aliphatic carbocycles. The fourth-order valence-electron chi connectivity index (χ4n) is 0.943. The molecule has 0 atom stereocenters. The molecule has 1 aromatic carbocycles. The fraction of sp³-hybridized carbons (Fsp3) is 0.143. The maximum atomic E-state index is 12.4. The van der Waals surface area contributed by atoms with Crippen LogP contribution in [0.1, 0.15) is 5.56 Å². The number of rotatable bonds is 1. The molecule has 0 heterocycles. The van der Waals surface area contributed by atoms with E-state index in [0.717, 1.165) is 6.07 Å². The summed E-state index contributed by atoms with van der Waals surface area (Å²) in [5.41, 5.74) is 2.89. The predicted octanol–water partition coefficient (Wildman–Crippen LogP) is 2.80. The van der Waals surface area contributed by atoms with E-state index in [9.17, 15) is 23.3 Å². The number of halogens is 4. The molecule has 4 nitrogen and oxygen atoms in total. The number of nitrogens with zero attached hydrogens (tertiary/aromatic N) is 1. The van der Waals surface area contributed by atoms with Crippen LogP contribution in [0, 0.1) is 13.7 Å². The van der Waals surface area contributed by atoms with Crippen LogP contribution in [-0.4, -0.2) is 4.92 Å². The third-order valence-corrected chi connectivity index (χ3v) is 2.52. The zero-order valence-electron chi connectivity index (χ0n) is 7.01. The van der Waals surface area contributed by atoms with E-state index in [1.54, 1.807) is 0 Å². The zero-order valence-corrected chi connectivity index (χ0v) is 9.17. The van der Waals surface area contributed by atoms with Crippen molar-refractivity contribution < 1.29 is 18.1 Å². The summed E-state index contributed by atoms with van der Waals surface area (Å²) in [5.74, 6) is 0. The van der Waals surface area contributed by atoms with Gasteiger partial charge in [-0.2, -0.15) is 13.2 Å². The van der Waals surface area contributed by atoms with Crippen molar-refractivity contribution in [2.24, 2.45) is 0 Å². The van der Waals surface area contributed by atoms with Crippen molar-refractivity contribution in [2.75, 3.05) is 5.73 Å². The predicted molar refractivity (Wildman–Crippen MR) is 55.2 cm³/mol. The zero-order chi connectivity index (χ0) is 11.8. The molecule has 0 unspecified atom stereocenters. The van der Waals surface area contributed by atoms with Gasteiger partial charge in [-0.1, -0.05) is 0 Å². The molecule has 0 saturated heterocycles. The summed E-state index contributed by atoms with van der Waals surface area (Å²) in [7, 11) is 0. The monoisotopic (exact) mass is 332 g/mol. The normalized spacial score (nSPS) is 11.5. The highest BCUT2D eigenvalue weighted by Gasteiger charge is 2.35. The molecule has 1 rings (SSSR count). The fourth-order valence-corrected chi connectivity index (χ4v) is 1.55. The molecule has 15 heavy (non-hydrogen) atoms. The topological polar surface area (TPSA) is 69.2 Å². The standard InChI is InChI=1S/C7H4F3IN2O2/c8-7(9,10)4-1-3(13(14)15)2-5(11)6(4)12/h1-2H,12H2. The molecular weight excluding hydrogens is 328 g/mol. The molecule has 82 valence electrons. The number of hydrogen-bond donors (Lipinski definition) is 1. The van der Waals surface area contributed by atoms with Crippen molar-refractivity contribution in [3.8, 4) is 0 Å². The largest absolute Gasteiger partial charge is 0.418 e. The molecule has 0 amide bonds. The van der Waals surface area contributed by atoms with E-state index in [1.807, 2.05) is 0 Å². The number of non-ortho nitro benzene ring substituents is 1. The maximum Gasteiger partial charge on any atom is 0.418 e. The van der Waals surface area contributed by atoms with Crippen molar-refractivity contribution in [3.05, 3.63) is 31.4 Å². The maximum absolute atomic E-state index is 12.4. The SMILES string of the molecule is Nc1c(I)cc([N+](=O)[O-])cc1C(F)(F)F. The van der Waals surface area contributed by atoms with Gasteiger partial charge in [0.1, 0.15) is 0 Å². The van der Waals surface area contributed by atoms with Crippen molar-refractivity contribution in [1.82, 2.24) is 0 Å². The molecule has 0 aliphatic rings. The van der Waals surface area contributed by atoms with E-state index in [4.69, 9.17) is 5.73 Å². The van der Waals surface area contributed by atoms with Crippen LogP contribution in [0.2, 0.25) is 0 Å². The molecule has 0 saturated carbocycles. The third-order valence-electron chi connectivity index (χ3n) is 1.63. The van der Waals surface area contributed by atoms with Crippen LogP contribution in [0.4, 0.5) is 24.5 Å². The summed E-state index contributed by atoms with van der Waals surface area (Å²) >= 11 is 1.52. The lowest BCUT2D eigenvalue weighted by molar-refractivity contribution is -0.385. The van der Waals surface area contributed by atoms with Gasteiger partial charge in [0, 0.05) is 15.7 Å². The summed E-state index contributed by atoms with van der Waals surface area (Å²) in [6.07, 6.45) is -4.68. The number of alkyl halides is 3. The van der Waals surface area contributed by atoms with Crippen LogP contribution in [-0.2, 0) is 6.18 Å². The summed E-state index contributed by atoms with van der Waals surface area (Å²) < 4.78 is 37.1. The first-order chi connectivity index (χ1) is 6.73. The van der Waals surface area contributed by atoms with E-state index in [1.165, 1.54) is 22.6 Å². The van der Waals surface area contributed by atoms with E-state index in [-0.39, 0.29) is 3.57 Å². The lowest BCUT2D eigenvalue weighted by Crippen LogP contribution is -2.10. The number of nitro benzene ring substituents is 1. The first-order valence-corrected chi connectivity index (χ1v) is 4.62. The Morgan fingerprint density at radius 1 is 1.40 bits per heavy atom. The van der Waals surface area contributed by atoms with Crippen LogP contribution < -0.4 is 5.73 Å². The molecular formula is C7H4F3IN2O2. The second-order valence-corrected chi connectivity index (χ2v) is 3.81. The Morgan fingerprint density at radius 2 is 1.93 bits per heavy atom. The first-order valence-electron chi connectivity index (χ1n) is 3.54. The van der Waals surface area contributed by atoms with Gasteiger partial charge in [-0.15, -0.1) is 0 Å². The molecule has 0 aromatic heterocycles. The van der Waals surface area contributed by atoms with Gasteiger partial charge in [0.05, 0.1) is 16.2 Å². The Balaban J connectivity index is 3.45. The smallest absolute Gasteiger partial charge is 0.397 e. The van der Waals surface area contributed by atoms with Crippen LogP contribution in [0.3, 0.4) is 0 Å². The Kier molecular flexibility index (Phi) is 3.07. The lowest BCUT2D eigenvalue weighted by Gasteiger charge is -2.10. The minimum Gasteiger partial charge on any atom is -0.397 e. The van der Waals surface area contributed by atoms with Gasteiger partial charge in [-0.25, -0.2) is 0 Å². The van der Waals surface area contributed by atoms with E-state index >= 15 is 0 Å². The molecule has 0 bridgehead atoms. The summed E-state index contributed by atoms with van der Waals surface area (Å²) in [6, 6.07) is 1.42. The van der Waals surface area contributed by atoms with E-state index in [0.29, 0.717) is 6.07 Å². The Labute approximate surface area is 95.5 Å². The Bertz CT molecular complexity index is 419. The number of nitro groups is 1. The minimum absolute atomic E-state index is 0.00845. The molecule has 8 heteroatoms. The van der Waals surface area contributed by atoms with Crippen molar-refractivity contribution in [1.29, 1.82) is 0 Å². The number of nitrogen functional groups attached to an aromatic ring is 1. The van der Waals surface area contributed by atoms with E-state index in [2.05, 4.69) is 0 Å². The average Bonchev–Trinajstić information content (AvgIpc) is 2.06. The Hall–Kier alpha value is -1.06. The highest BCUT2D eigenvalue weighted by atomic mass is 127. The minimum atomic E-state index is -4.68. The second-order valence-electron chi connectivity index (χ2n) is 2.64. The number of hydrogen-bond acceptors (Lipinski definition) is 3. The van der Waals surface area contributed by atoms with Gasteiger partial charge in [-0.05, 0) is 22.6 Å². The first kappa shape index (κ1) is 12.0. The van der Waals surface area contributed by atoms with Gasteiger partial charge in [0.2, 0.25) is 0 Å². The van der Waals surface area contributed by atoms with Crippen molar-refractivity contribution in [2.45, 2.75) is 6.18 Å². The average molecular weight is 332 g/mol. The lowest BCUT2D eigenvalue weighted by atomic mass is 10.1. The number of nitrogens with two attached hydrogens (primary N) is 1. The quantitative estimate of drug-likeness (QED) is 0.372. The highest BCUT2D eigenvalue weighted by molar-refractivity contribution is 14.1. The Morgan fingerprint density at radius 3 is 2.33 bits per heavy atom. The summed E-state index contributed by atoms with van der Waals surface area (Å²) in [4.78, 5) is 9.45. The molecule has 0 spiro atoms. The van der Waals surface area contributed by atoms with Crippen molar-refractivity contribution >= 4 is 34.0 Å². The molecule has 0 fully saturated rings. The second kappa shape index (κ2) is 3.83. The molecule has 2 N–H and O–H groups in total. The number of benzene rings is 1. The van der Waals surface area contributed by atoms with Crippen LogP contribution >= 0.6 is 22.6 Å². The van der Waals surface area contributed by atoms with Gasteiger partial charge in [-0.3, -0.25) is 10.1 Å². The molecule has 0 radical (unpaired) electrons. The third kappa shape index (κ3) is 2.49. The van der Waals surface area contributed by atoms with Crippen molar-refractivity contribution in [3.63, 3.8) is 0 Å².